The number of aromatic nitrogens is 1. The van der Waals surface area contributed by atoms with E-state index in [9.17, 15) is 4.79 Å². The molecule has 0 aliphatic rings. The maximum absolute atomic E-state index is 11.8. The second kappa shape index (κ2) is 6.70. The number of carbonyl (C=O) groups is 1. The lowest BCUT2D eigenvalue weighted by Crippen LogP contribution is -2.28. The lowest BCUT2D eigenvalue weighted by atomic mass is 10.1. The Morgan fingerprint density at radius 3 is 2.65 bits per heavy atom. The first-order valence-electron chi connectivity index (χ1n) is 6.55. The smallest absolute Gasteiger partial charge is 0.251 e. The highest BCUT2D eigenvalue weighted by molar-refractivity contribution is 5.93. The predicted octanol–water partition coefficient (Wildman–Crippen LogP) is 2.51. The molecule has 4 heteroatoms. The van der Waals surface area contributed by atoms with Crippen LogP contribution in [-0.2, 0) is 0 Å². The molecule has 1 aromatic carbocycles. The van der Waals surface area contributed by atoms with Crippen LogP contribution in [0.2, 0.25) is 0 Å². The van der Waals surface area contributed by atoms with E-state index in [1.54, 1.807) is 24.5 Å². The van der Waals surface area contributed by atoms with Crippen LogP contribution in [0, 0.1) is 13.8 Å². The van der Waals surface area contributed by atoms with Crippen LogP contribution >= 0.6 is 0 Å². The van der Waals surface area contributed by atoms with Crippen molar-refractivity contribution >= 4 is 5.91 Å². The van der Waals surface area contributed by atoms with Crippen LogP contribution in [0.4, 0.5) is 0 Å². The minimum Gasteiger partial charge on any atom is -0.491 e. The topological polar surface area (TPSA) is 51.2 Å². The van der Waals surface area contributed by atoms with Crippen LogP contribution in [0.25, 0.3) is 0 Å². The van der Waals surface area contributed by atoms with E-state index in [0.717, 1.165) is 11.3 Å². The average Bonchev–Trinajstić information content (AvgIpc) is 2.46. The number of hydrogen-bond acceptors (Lipinski definition) is 3. The molecule has 0 unspecified atom stereocenters. The highest BCUT2D eigenvalue weighted by Crippen LogP contribution is 2.18. The zero-order valence-corrected chi connectivity index (χ0v) is 11.7. The number of hydrogen-bond donors (Lipinski definition) is 1. The molecule has 0 bridgehead atoms. The Kier molecular flexibility index (Phi) is 4.71. The fourth-order valence-corrected chi connectivity index (χ4v) is 1.89. The first-order chi connectivity index (χ1) is 9.66. The van der Waals surface area contributed by atoms with Crippen molar-refractivity contribution in [1.29, 1.82) is 0 Å². The van der Waals surface area contributed by atoms with E-state index in [0.29, 0.717) is 18.7 Å². The third-order valence-corrected chi connectivity index (χ3v) is 2.92. The third-order valence-electron chi connectivity index (χ3n) is 2.92. The van der Waals surface area contributed by atoms with Gasteiger partial charge >= 0.3 is 0 Å². The zero-order valence-electron chi connectivity index (χ0n) is 11.7. The van der Waals surface area contributed by atoms with E-state index in [-0.39, 0.29) is 5.91 Å². The van der Waals surface area contributed by atoms with Crippen molar-refractivity contribution in [2.24, 2.45) is 0 Å². The summed E-state index contributed by atoms with van der Waals surface area (Å²) in [4.78, 5) is 15.6. The number of aryl methyl sites for hydroxylation is 2. The first-order valence-corrected chi connectivity index (χ1v) is 6.55. The number of nitrogens with zero attached hydrogens (tertiary/aromatic N) is 1. The molecule has 0 saturated heterocycles. The summed E-state index contributed by atoms with van der Waals surface area (Å²) < 4.78 is 5.65. The Morgan fingerprint density at radius 2 is 1.95 bits per heavy atom. The van der Waals surface area contributed by atoms with E-state index in [4.69, 9.17) is 4.74 Å². The molecular weight excluding hydrogens is 252 g/mol. The van der Waals surface area contributed by atoms with Gasteiger partial charge in [0.15, 0.2) is 0 Å². The molecular formula is C16H18N2O2. The molecule has 0 fully saturated rings. The van der Waals surface area contributed by atoms with Gasteiger partial charge in [0.25, 0.3) is 5.91 Å². The Bertz CT molecular complexity index is 582. The van der Waals surface area contributed by atoms with Gasteiger partial charge in [-0.15, -0.1) is 0 Å². The molecule has 20 heavy (non-hydrogen) atoms. The molecule has 104 valence electrons. The Balaban J connectivity index is 1.78. The number of ether oxygens (including phenoxy) is 1. The summed E-state index contributed by atoms with van der Waals surface area (Å²) in [5.74, 6) is 0.741. The zero-order chi connectivity index (χ0) is 14.4. The molecule has 0 aliphatic heterocycles. The van der Waals surface area contributed by atoms with E-state index in [1.165, 1.54) is 5.56 Å². The number of amides is 1. The molecule has 1 amide bonds. The molecule has 1 aromatic heterocycles. The number of carbonyl (C=O) groups excluding carboxylic acids is 1. The van der Waals surface area contributed by atoms with Crippen LogP contribution in [0.5, 0.6) is 5.75 Å². The Morgan fingerprint density at radius 1 is 1.20 bits per heavy atom. The first kappa shape index (κ1) is 14.1. The number of rotatable bonds is 5. The van der Waals surface area contributed by atoms with Gasteiger partial charge in [-0.3, -0.25) is 9.78 Å². The molecule has 1 N–H and O–H groups in total. The minimum atomic E-state index is -0.114. The lowest BCUT2D eigenvalue weighted by Gasteiger charge is -2.10. The molecule has 2 aromatic rings. The van der Waals surface area contributed by atoms with Gasteiger partial charge in [-0.2, -0.15) is 0 Å². The van der Waals surface area contributed by atoms with E-state index in [2.05, 4.69) is 16.4 Å². The van der Waals surface area contributed by atoms with Gasteiger partial charge in [0.2, 0.25) is 0 Å². The standard InChI is InChI=1S/C16H18N2O2/c1-12-3-4-15(13(2)11-12)20-10-9-18-16(19)14-5-7-17-8-6-14/h3-8,11H,9-10H2,1-2H3,(H,18,19). The third kappa shape index (κ3) is 3.82. The SMILES string of the molecule is Cc1ccc(OCCNC(=O)c2ccncc2)c(C)c1. The van der Waals surface area contributed by atoms with Crippen LogP contribution < -0.4 is 10.1 Å². The number of pyridine rings is 1. The summed E-state index contributed by atoms with van der Waals surface area (Å²) >= 11 is 0. The molecule has 0 saturated carbocycles. The second-order valence-corrected chi connectivity index (χ2v) is 4.61. The Hall–Kier alpha value is -2.36. The fourth-order valence-electron chi connectivity index (χ4n) is 1.89. The maximum Gasteiger partial charge on any atom is 0.251 e. The monoisotopic (exact) mass is 270 g/mol. The van der Waals surface area contributed by atoms with E-state index in [1.807, 2.05) is 26.0 Å². The molecule has 0 radical (unpaired) electrons. The van der Waals surface area contributed by atoms with Crippen molar-refractivity contribution in [2.75, 3.05) is 13.2 Å². The van der Waals surface area contributed by atoms with Crippen molar-refractivity contribution in [3.63, 3.8) is 0 Å². The largest absolute Gasteiger partial charge is 0.491 e. The van der Waals surface area contributed by atoms with Crippen molar-refractivity contribution in [3.8, 4) is 5.75 Å². The highest BCUT2D eigenvalue weighted by atomic mass is 16.5. The van der Waals surface area contributed by atoms with Crippen LogP contribution in [-0.4, -0.2) is 24.0 Å². The molecule has 0 aliphatic carbocycles. The van der Waals surface area contributed by atoms with Crippen molar-refractivity contribution in [2.45, 2.75) is 13.8 Å². The average molecular weight is 270 g/mol. The highest BCUT2D eigenvalue weighted by Gasteiger charge is 2.04. The predicted molar refractivity (Wildman–Crippen MR) is 78.0 cm³/mol. The van der Waals surface area contributed by atoms with Gasteiger partial charge in [0.05, 0.1) is 6.54 Å². The van der Waals surface area contributed by atoms with Gasteiger partial charge in [0, 0.05) is 18.0 Å². The molecule has 0 atom stereocenters. The second-order valence-electron chi connectivity index (χ2n) is 4.61. The summed E-state index contributed by atoms with van der Waals surface area (Å²) in [6.07, 6.45) is 3.20. The molecule has 2 rings (SSSR count). The minimum absolute atomic E-state index is 0.114. The van der Waals surface area contributed by atoms with Crippen LogP contribution in [0.1, 0.15) is 21.5 Å². The van der Waals surface area contributed by atoms with Crippen molar-refractivity contribution in [3.05, 3.63) is 59.4 Å². The van der Waals surface area contributed by atoms with Crippen LogP contribution in [0.3, 0.4) is 0 Å². The fraction of sp³-hybridized carbons (Fsp3) is 0.250. The van der Waals surface area contributed by atoms with Gasteiger partial charge in [-0.1, -0.05) is 17.7 Å². The van der Waals surface area contributed by atoms with Gasteiger partial charge < -0.3 is 10.1 Å². The Labute approximate surface area is 118 Å². The summed E-state index contributed by atoms with van der Waals surface area (Å²) in [6, 6.07) is 9.40. The van der Waals surface area contributed by atoms with Gasteiger partial charge in [0.1, 0.15) is 12.4 Å². The molecule has 0 spiro atoms. The summed E-state index contributed by atoms with van der Waals surface area (Å²) in [5, 5.41) is 2.81. The molecule has 4 nitrogen and oxygen atoms in total. The van der Waals surface area contributed by atoms with Crippen molar-refractivity contribution < 1.29 is 9.53 Å². The van der Waals surface area contributed by atoms with Crippen molar-refractivity contribution in [1.82, 2.24) is 10.3 Å². The molecule has 1 heterocycles. The van der Waals surface area contributed by atoms with E-state index < -0.39 is 0 Å². The van der Waals surface area contributed by atoms with Gasteiger partial charge in [-0.05, 0) is 37.6 Å². The number of nitrogens with one attached hydrogen (secondary N) is 1. The summed E-state index contributed by atoms with van der Waals surface area (Å²) in [7, 11) is 0. The van der Waals surface area contributed by atoms with Gasteiger partial charge in [-0.25, -0.2) is 0 Å². The lowest BCUT2D eigenvalue weighted by molar-refractivity contribution is 0.0947. The number of benzene rings is 1. The summed E-state index contributed by atoms with van der Waals surface area (Å²) in [5.41, 5.74) is 2.91. The van der Waals surface area contributed by atoms with Crippen LogP contribution in [0.15, 0.2) is 42.7 Å². The maximum atomic E-state index is 11.8. The summed E-state index contributed by atoms with van der Waals surface area (Å²) in [6.45, 7) is 4.97. The normalized spacial score (nSPS) is 10.1. The quantitative estimate of drug-likeness (QED) is 0.849. The van der Waals surface area contributed by atoms with E-state index >= 15 is 0 Å².